The minimum absolute atomic E-state index is 0.236. The van der Waals surface area contributed by atoms with Crippen molar-refractivity contribution in [2.24, 2.45) is 0 Å². The number of hydrogen-bond donors (Lipinski definition) is 3. The van der Waals surface area contributed by atoms with Crippen LogP contribution in [0.5, 0.6) is 0 Å². The van der Waals surface area contributed by atoms with Gasteiger partial charge in [0, 0.05) is 13.2 Å². The SMILES string of the molecule is CCCCOCC(O)CNC(CC)(CC)C(=O)O. The second kappa shape index (κ2) is 9.30. The fourth-order valence-corrected chi connectivity index (χ4v) is 1.72. The van der Waals surface area contributed by atoms with Gasteiger partial charge >= 0.3 is 5.97 Å². The third kappa shape index (κ3) is 5.80. The van der Waals surface area contributed by atoms with Crippen LogP contribution in [0.2, 0.25) is 0 Å². The van der Waals surface area contributed by atoms with Gasteiger partial charge in [-0.25, -0.2) is 0 Å². The molecular formula is C13H27NO4. The lowest BCUT2D eigenvalue weighted by Gasteiger charge is -2.29. The number of carboxylic acid groups (broad SMARTS) is 1. The molecule has 0 aromatic heterocycles. The van der Waals surface area contributed by atoms with Crippen molar-refractivity contribution in [2.45, 2.75) is 58.1 Å². The minimum atomic E-state index is -0.940. The monoisotopic (exact) mass is 261 g/mol. The Morgan fingerprint density at radius 2 is 1.94 bits per heavy atom. The summed E-state index contributed by atoms with van der Waals surface area (Å²) in [6.45, 7) is 6.85. The molecule has 0 saturated carbocycles. The van der Waals surface area contributed by atoms with Crippen molar-refractivity contribution in [3.8, 4) is 0 Å². The summed E-state index contributed by atoms with van der Waals surface area (Å²) in [5.41, 5.74) is -0.940. The van der Waals surface area contributed by atoms with Crippen LogP contribution in [0, 0.1) is 0 Å². The van der Waals surface area contributed by atoms with E-state index in [1.54, 1.807) is 0 Å². The molecule has 18 heavy (non-hydrogen) atoms. The number of aliphatic hydroxyl groups is 1. The molecule has 0 aliphatic rings. The van der Waals surface area contributed by atoms with Crippen molar-refractivity contribution in [3.05, 3.63) is 0 Å². The van der Waals surface area contributed by atoms with E-state index in [-0.39, 0.29) is 13.2 Å². The van der Waals surface area contributed by atoms with Gasteiger partial charge in [0.1, 0.15) is 5.54 Å². The molecule has 0 spiro atoms. The highest BCUT2D eigenvalue weighted by molar-refractivity contribution is 5.78. The van der Waals surface area contributed by atoms with E-state index in [1.807, 2.05) is 13.8 Å². The van der Waals surface area contributed by atoms with E-state index in [0.717, 1.165) is 12.8 Å². The van der Waals surface area contributed by atoms with Crippen molar-refractivity contribution in [2.75, 3.05) is 19.8 Å². The molecular weight excluding hydrogens is 234 g/mol. The number of nitrogens with one attached hydrogen (secondary N) is 1. The molecule has 0 saturated heterocycles. The first-order chi connectivity index (χ1) is 8.52. The Bertz CT molecular complexity index is 229. The third-order valence-electron chi connectivity index (χ3n) is 3.25. The maximum Gasteiger partial charge on any atom is 0.323 e. The van der Waals surface area contributed by atoms with Gasteiger partial charge in [-0.15, -0.1) is 0 Å². The van der Waals surface area contributed by atoms with Crippen LogP contribution < -0.4 is 5.32 Å². The van der Waals surface area contributed by atoms with Gasteiger partial charge in [0.25, 0.3) is 0 Å². The quantitative estimate of drug-likeness (QED) is 0.490. The highest BCUT2D eigenvalue weighted by Crippen LogP contribution is 2.15. The Hall–Kier alpha value is -0.650. The zero-order valence-electron chi connectivity index (χ0n) is 11.7. The Morgan fingerprint density at radius 3 is 2.39 bits per heavy atom. The Kier molecular flexibility index (Phi) is 8.97. The number of carbonyl (C=O) groups is 1. The fraction of sp³-hybridized carbons (Fsp3) is 0.923. The smallest absolute Gasteiger partial charge is 0.323 e. The fourth-order valence-electron chi connectivity index (χ4n) is 1.72. The summed E-state index contributed by atoms with van der Waals surface area (Å²) in [7, 11) is 0. The first-order valence-corrected chi connectivity index (χ1v) is 6.76. The predicted molar refractivity (Wildman–Crippen MR) is 70.7 cm³/mol. The van der Waals surface area contributed by atoms with Gasteiger partial charge in [0.2, 0.25) is 0 Å². The lowest BCUT2D eigenvalue weighted by molar-refractivity contribution is -0.145. The van der Waals surface area contributed by atoms with Crippen molar-refractivity contribution in [1.29, 1.82) is 0 Å². The second-order valence-electron chi connectivity index (χ2n) is 4.56. The molecule has 0 rings (SSSR count). The molecule has 5 heteroatoms. The number of carboxylic acids is 1. The third-order valence-corrected chi connectivity index (χ3v) is 3.25. The van der Waals surface area contributed by atoms with E-state index in [1.165, 1.54) is 0 Å². The molecule has 0 radical (unpaired) electrons. The van der Waals surface area contributed by atoms with Gasteiger partial charge in [0.05, 0.1) is 12.7 Å². The summed E-state index contributed by atoms with van der Waals surface area (Å²) < 4.78 is 5.29. The molecule has 0 aromatic rings. The minimum Gasteiger partial charge on any atom is -0.480 e. The zero-order chi connectivity index (χ0) is 14.0. The molecule has 0 aromatic carbocycles. The average molecular weight is 261 g/mol. The van der Waals surface area contributed by atoms with Crippen molar-refractivity contribution >= 4 is 5.97 Å². The number of ether oxygens (including phenoxy) is 1. The largest absolute Gasteiger partial charge is 0.480 e. The van der Waals surface area contributed by atoms with Crippen molar-refractivity contribution < 1.29 is 19.7 Å². The lowest BCUT2D eigenvalue weighted by atomic mass is 9.93. The summed E-state index contributed by atoms with van der Waals surface area (Å²) in [6.07, 6.45) is 2.34. The molecule has 0 aliphatic heterocycles. The van der Waals surface area contributed by atoms with Crippen LogP contribution >= 0.6 is 0 Å². The first kappa shape index (κ1) is 17.4. The predicted octanol–water partition coefficient (Wildman–Crippen LogP) is 1.40. The second-order valence-corrected chi connectivity index (χ2v) is 4.56. The standard InChI is InChI=1S/C13H27NO4/c1-4-7-8-18-10-11(15)9-14-13(5-2,6-3)12(16)17/h11,14-15H,4-10H2,1-3H3,(H,16,17). The normalized spacial score (nSPS) is 13.6. The average Bonchev–Trinajstić information content (AvgIpc) is 2.36. The molecule has 1 unspecified atom stereocenters. The molecule has 108 valence electrons. The first-order valence-electron chi connectivity index (χ1n) is 6.76. The highest BCUT2D eigenvalue weighted by Gasteiger charge is 2.34. The number of aliphatic hydroxyl groups excluding tert-OH is 1. The van der Waals surface area contributed by atoms with Crippen LogP contribution in [-0.4, -0.2) is 47.6 Å². The van der Waals surface area contributed by atoms with E-state index in [4.69, 9.17) is 4.74 Å². The summed E-state index contributed by atoms with van der Waals surface area (Å²) in [6, 6.07) is 0. The topological polar surface area (TPSA) is 78.8 Å². The van der Waals surface area contributed by atoms with Gasteiger partial charge in [-0.2, -0.15) is 0 Å². The lowest BCUT2D eigenvalue weighted by Crippen LogP contribution is -2.53. The molecule has 0 bridgehead atoms. The zero-order valence-corrected chi connectivity index (χ0v) is 11.7. The van der Waals surface area contributed by atoms with Crippen molar-refractivity contribution in [3.63, 3.8) is 0 Å². The van der Waals surface area contributed by atoms with Crippen LogP contribution in [-0.2, 0) is 9.53 Å². The number of β-amino-alcohol motifs (C(OH)–C–C–N with tert-alkyl or cyclic N) is 1. The van der Waals surface area contributed by atoms with Crippen LogP contribution in [0.4, 0.5) is 0 Å². The maximum absolute atomic E-state index is 11.2. The molecule has 1 atom stereocenters. The summed E-state index contributed by atoms with van der Waals surface area (Å²) in [4.78, 5) is 11.2. The molecule has 0 aliphatic carbocycles. The van der Waals surface area contributed by atoms with Crippen LogP contribution in [0.3, 0.4) is 0 Å². The number of rotatable bonds is 11. The summed E-state index contributed by atoms with van der Waals surface area (Å²) in [5.74, 6) is -0.869. The van der Waals surface area contributed by atoms with Gasteiger partial charge in [-0.1, -0.05) is 27.2 Å². The highest BCUT2D eigenvalue weighted by atomic mass is 16.5. The van der Waals surface area contributed by atoms with E-state index < -0.39 is 17.6 Å². The van der Waals surface area contributed by atoms with Crippen LogP contribution in [0.1, 0.15) is 46.5 Å². The van der Waals surface area contributed by atoms with E-state index in [2.05, 4.69) is 12.2 Å². The van der Waals surface area contributed by atoms with Crippen molar-refractivity contribution in [1.82, 2.24) is 5.32 Å². The Labute approximate surface area is 110 Å². The molecule has 0 heterocycles. The van der Waals surface area contributed by atoms with Crippen LogP contribution in [0.25, 0.3) is 0 Å². The number of aliphatic carboxylic acids is 1. The van der Waals surface area contributed by atoms with Gasteiger partial charge < -0.3 is 14.9 Å². The molecule has 0 fully saturated rings. The van der Waals surface area contributed by atoms with Gasteiger partial charge in [0.15, 0.2) is 0 Å². The van der Waals surface area contributed by atoms with E-state index in [0.29, 0.717) is 19.4 Å². The number of unbranched alkanes of at least 4 members (excludes halogenated alkanes) is 1. The van der Waals surface area contributed by atoms with Crippen LogP contribution in [0.15, 0.2) is 0 Å². The molecule has 3 N–H and O–H groups in total. The Morgan fingerprint density at radius 1 is 1.33 bits per heavy atom. The van der Waals surface area contributed by atoms with Gasteiger partial charge in [-0.05, 0) is 19.3 Å². The summed E-state index contributed by atoms with van der Waals surface area (Å²) >= 11 is 0. The van der Waals surface area contributed by atoms with Gasteiger partial charge in [-0.3, -0.25) is 10.1 Å². The van der Waals surface area contributed by atoms with E-state index in [9.17, 15) is 15.0 Å². The molecule has 5 nitrogen and oxygen atoms in total. The molecule has 0 amide bonds. The number of hydrogen-bond acceptors (Lipinski definition) is 4. The Balaban J connectivity index is 4.00. The maximum atomic E-state index is 11.2. The summed E-state index contributed by atoms with van der Waals surface area (Å²) in [5, 5.41) is 21.9. The van der Waals surface area contributed by atoms with E-state index >= 15 is 0 Å².